The molecule has 2 aliphatic heterocycles. The minimum Gasteiger partial charge on any atom is -0.460 e. The first-order valence-electron chi connectivity index (χ1n) is 9.48. The normalized spacial score (nSPS) is 23.4. The number of piperidine rings is 1. The lowest BCUT2D eigenvalue weighted by atomic mass is 9.92. The molecule has 2 fully saturated rings. The summed E-state index contributed by atoms with van der Waals surface area (Å²) in [5.74, 6) is 0.107. The van der Waals surface area contributed by atoms with Gasteiger partial charge in [0.2, 0.25) is 5.91 Å². The number of carbonyl (C=O) groups excluding carboxylic acids is 1. The average Bonchev–Trinajstić information content (AvgIpc) is 3.19. The van der Waals surface area contributed by atoms with Crippen LogP contribution in [0.3, 0.4) is 0 Å². The molecule has 7 nitrogen and oxygen atoms in total. The maximum absolute atomic E-state index is 13.1. The number of aromatic nitrogens is 2. The molecular formula is C20H25N5O2. The Morgan fingerprint density at radius 3 is 2.70 bits per heavy atom. The number of nitrogens with zero attached hydrogens (tertiary/aromatic N) is 3. The Kier molecular flexibility index (Phi) is 5.31. The van der Waals surface area contributed by atoms with Gasteiger partial charge in [-0.2, -0.15) is 0 Å². The second-order valence-electron chi connectivity index (χ2n) is 7.20. The number of rotatable bonds is 4. The van der Waals surface area contributed by atoms with Gasteiger partial charge in [-0.05, 0) is 18.6 Å². The number of amides is 1. The van der Waals surface area contributed by atoms with Crippen LogP contribution in [0.2, 0.25) is 0 Å². The highest BCUT2D eigenvalue weighted by atomic mass is 16.5. The van der Waals surface area contributed by atoms with Gasteiger partial charge in [0.05, 0.1) is 12.0 Å². The van der Waals surface area contributed by atoms with Crippen LogP contribution in [-0.4, -0.2) is 46.5 Å². The molecule has 2 saturated heterocycles. The van der Waals surface area contributed by atoms with Crippen LogP contribution in [0, 0.1) is 12.8 Å². The van der Waals surface area contributed by atoms with Gasteiger partial charge in [-0.1, -0.05) is 29.8 Å². The first-order valence-corrected chi connectivity index (χ1v) is 9.48. The van der Waals surface area contributed by atoms with E-state index in [0.29, 0.717) is 25.6 Å². The van der Waals surface area contributed by atoms with Crippen molar-refractivity contribution in [1.82, 2.24) is 25.7 Å². The molecule has 27 heavy (non-hydrogen) atoms. The van der Waals surface area contributed by atoms with Crippen LogP contribution in [0.1, 0.15) is 30.0 Å². The molecule has 0 saturated carbocycles. The van der Waals surface area contributed by atoms with Gasteiger partial charge < -0.3 is 9.64 Å². The number of aryl methyl sites for hydroxylation is 1. The maximum atomic E-state index is 13.1. The summed E-state index contributed by atoms with van der Waals surface area (Å²) in [5, 5.41) is 0. The second-order valence-corrected chi connectivity index (χ2v) is 7.20. The number of hydrazine groups is 1. The number of carbonyl (C=O) groups is 1. The van der Waals surface area contributed by atoms with Crippen LogP contribution >= 0.6 is 0 Å². The zero-order chi connectivity index (χ0) is 18.6. The van der Waals surface area contributed by atoms with Gasteiger partial charge in [0.25, 0.3) is 0 Å². The topological polar surface area (TPSA) is 79.4 Å². The lowest BCUT2D eigenvalue weighted by Crippen LogP contribution is -2.45. The summed E-state index contributed by atoms with van der Waals surface area (Å²) in [7, 11) is 0. The van der Waals surface area contributed by atoms with Crippen molar-refractivity contribution in [3.63, 3.8) is 0 Å². The summed E-state index contributed by atoms with van der Waals surface area (Å²) in [5.41, 5.74) is 8.79. The molecule has 0 radical (unpaired) electrons. The van der Waals surface area contributed by atoms with Crippen LogP contribution in [-0.2, 0) is 4.79 Å². The van der Waals surface area contributed by atoms with Crippen molar-refractivity contribution in [2.45, 2.75) is 31.9 Å². The molecule has 3 heterocycles. The summed E-state index contributed by atoms with van der Waals surface area (Å²) in [6, 6.07) is 10.5. The molecule has 2 unspecified atom stereocenters. The fourth-order valence-electron chi connectivity index (χ4n) is 3.83. The minimum atomic E-state index is -0.0956. The van der Waals surface area contributed by atoms with Gasteiger partial charge >= 0.3 is 6.01 Å². The molecular weight excluding hydrogens is 342 g/mol. The lowest BCUT2D eigenvalue weighted by Gasteiger charge is -2.34. The predicted octanol–water partition coefficient (Wildman–Crippen LogP) is 1.62. The molecule has 1 amide bonds. The van der Waals surface area contributed by atoms with E-state index in [0.717, 1.165) is 18.4 Å². The molecule has 2 aliphatic rings. The number of hydrogen-bond donors (Lipinski definition) is 2. The number of likely N-dealkylation sites (tertiary alicyclic amines) is 1. The van der Waals surface area contributed by atoms with E-state index in [1.165, 1.54) is 5.56 Å². The third-order valence-electron chi connectivity index (χ3n) is 5.27. The summed E-state index contributed by atoms with van der Waals surface area (Å²) in [4.78, 5) is 23.3. The standard InChI is InChI=1S/C20H25N5O2/c1-14-4-2-5-15(12-14)18-17(13-23-24-18)19(26)25-10-6-16(7-11-25)27-20-21-8-3-9-22-20/h2-5,8-9,12,16-18,23-24H,6-7,10-11,13H2,1H3. The molecule has 2 atom stereocenters. The van der Waals surface area contributed by atoms with E-state index in [1.54, 1.807) is 18.5 Å². The molecule has 2 aromatic rings. The SMILES string of the molecule is Cc1cccc(C2NNCC2C(=O)N2CCC(Oc3ncccn3)CC2)c1. The molecule has 0 spiro atoms. The predicted molar refractivity (Wildman–Crippen MR) is 101 cm³/mol. The number of ether oxygens (including phenoxy) is 1. The van der Waals surface area contributed by atoms with Gasteiger partial charge in [0.1, 0.15) is 6.10 Å². The second kappa shape index (κ2) is 8.02. The molecule has 4 rings (SSSR count). The van der Waals surface area contributed by atoms with Crippen LogP contribution in [0.15, 0.2) is 42.7 Å². The van der Waals surface area contributed by atoms with Crippen molar-refractivity contribution in [3.8, 4) is 6.01 Å². The first kappa shape index (κ1) is 17.9. The minimum absolute atomic E-state index is 0.00379. The van der Waals surface area contributed by atoms with Crippen LogP contribution < -0.4 is 15.6 Å². The Bertz CT molecular complexity index is 777. The third kappa shape index (κ3) is 4.09. The van der Waals surface area contributed by atoms with Gasteiger partial charge in [-0.25, -0.2) is 15.4 Å². The third-order valence-corrected chi connectivity index (χ3v) is 5.27. The van der Waals surface area contributed by atoms with E-state index in [4.69, 9.17) is 4.74 Å². The number of hydrogen-bond acceptors (Lipinski definition) is 6. The fraction of sp³-hybridized carbons (Fsp3) is 0.450. The fourth-order valence-corrected chi connectivity index (χ4v) is 3.83. The highest BCUT2D eigenvalue weighted by Crippen LogP contribution is 2.28. The summed E-state index contributed by atoms with van der Waals surface area (Å²) < 4.78 is 5.83. The molecule has 0 aliphatic carbocycles. The molecule has 1 aromatic heterocycles. The van der Waals surface area contributed by atoms with E-state index in [9.17, 15) is 4.79 Å². The van der Waals surface area contributed by atoms with Crippen LogP contribution in [0.4, 0.5) is 0 Å². The van der Waals surface area contributed by atoms with E-state index >= 15 is 0 Å². The van der Waals surface area contributed by atoms with Crippen molar-refractivity contribution in [3.05, 3.63) is 53.9 Å². The molecule has 7 heteroatoms. The van der Waals surface area contributed by atoms with E-state index in [2.05, 4.69) is 45.9 Å². The van der Waals surface area contributed by atoms with Crippen molar-refractivity contribution in [2.75, 3.05) is 19.6 Å². The Morgan fingerprint density at radius 1 is 1.19 bits per heavy atom. The van der Waals surface area contributed by atoms with E-state index < -0.39 is 0 Å². The van der Waals surface area contributed by atoms with E-state index in [1.807, 2.05) is 11.0 Å². The molecule has 0 bridgehead atoms. The zero-order valence-electron chi connectivity index (χ0n) is 15.5. The molecule has 1 aromatic carbocycles. The smallest absolute Gasteiger partial charge is 0.316 e. The van der Waals surface area contributed by atoms with Crippen molar-refractivity contribution in [2.24, 2.45) is 5.92 Å². The Morgan fingerprint density at radius 2 is 1.96 bits per heavy atom. The van der Waals surface area contributed by atoms with Gasteiger partial charge in [0.15, 0.2) is 0 Å². The van der Waals surface area contributed by atoms with Crippen LogP contribution in [0.25, 0.3) is 0 Å². The Hall–Kier alpha value is -2.51. The Labute approximate surface area is 159 Å². The highest BCUT2D eigenvalue weighted by Gasteiger charge is 2.37. The van der Waals surface area contributed by atoms with Gasteiger partial charge in [-0.15, -0.1) is 0 Å². The molecule has 142 valence electrons. The van der Waals surface area contributed by atoms with Gasteiger partial charge in [-0.3, -0.25) is 10.2 Å². The van der Waals surface area contributed by atoms with E-state index in [-0.39, 0.29) is 24.0 Å². The van der Waals surface area contributed by atoms with Crippen molar-refractivity contribution < 1.29 is 9.53 Å². The summed E-state index contributed by atoms with van der Waals surface area (Å²) in [6.45, 7) is 4.12. The summed E-state index contributed by atoms with van der Waals surface area (Å²) >= 11 is 0. The maximum Gasteiger partial charge on any atom is 0.316 e. The average molecular weight is 367 g/mol. The molecule has 2 N–H and O–H groups in total. The zero-order valence-corrected chi connectivity index (χ0v) is 15.5. The largest absolute Gasteiger partial charge is 0.460 e. The van der Waals surface area contributed by atoms with Crippen molar-refractivity contribution in [1.29, 1.82) is 0 Å². The van der Waals surface area contributed by atoms with Crippen molar-refractivity contribution >= 4 is 5.91 Å². The first-order chi connectivity index (χ1) is 13.2. The van der Waals surface area contributed by atoms with Crippen LogP contribution in [0.5, 0.6) is 6.01 Å². The monoisotopic (exact) mass is 367 g/mol. The number of nitrogens with one attached hydrogen (secondary N) is 2. The quantitative estimate of drug-likeness (QED) is 0.855. The van der Waals surface area contributed by atoms with Gasteiger partial charge in [0, 0.05) is 44.9 Å². The number of benzene rings is 1. The highest BCUT2D eigenvalue weighted by molar-refractivity contribution is 5.80. The lowest BCUT2D eigenvalue weighted by molar-refractivity contribution is -0.137. The Balaban J connectivity index is 1.36. The summed E-state index contributed by atoms with van der Waals surface area (Å²) in [6.07, 6.45) is 5.00.